The molecule has 0 radical (unpaired) electrons. The Morgan fingerprint density at radius 2 is 2.00 bits per heavy atom. The van der Waals surface area contributed by atoms with Crippen molar-refractivity contribution < 1.29 is 19.0 Å². The molecule has 1 N–H and O–H groups in total. The van der Waals surface area contributed by atoms with Crippen molar-refractivity contribution in [3.63, 3.8) is 0 Å². The Kier molecular flexibility index (Phi) is 5.51. The van der Waals surface area contributed by atoms with E-state index in [2.05, 4.69) is 20.9 Å². The number of ether oxygens (including phenoxy) is 2. The fourth-order valence-electron chi connectivity index (χ4n) is 3.58. The molecule has 4 nitrogen and oxygen atoms in total. The maximum Gasteiger partial charge on any atom is 0.213 e. The molecule has 1 aliphatic heterocycles. The number of benzene rings is 2. The van der Waals surface area contributed by atoms with Crippen LogP contribution in [0.25, 0.3) is 0 Å². The van der Waals surface area contributed by atoms with E-state index in [0.717, 1.165) is 5.56 Å². The molecule has 150 valence electrons. The van der Waals surface area contributed by atoms with Crippen LogP contribution >= 0.6 is 27.5 Å². The molecular weight excluding hydrogens is 461 g/mol. The molecule has 29 heavy (non-hydrogen) atoms. The molecule has 1 aliphatic rings. The molecule has 0 bridgehead atoms. The number of rotatable bonds is 5. The monoisotopic (exact) mass is 477 g/mol. The van der Waals surface area contributed by atoms with E-state index < -0.39 is 11.4 Å². The molecule has 0 fully saturated rings. The smallest absolute Gasteiger partial charge is 0.213 e. The summed E-state index contributed by atoms with van der Waals surface area (Å²) in [6, 6.07) is 16.3. The second-order valence-electron chi connectivity index (χ2n) is 6.90. The van der Waals surface area contributed by atoms with E-state index >= 15 is 0 Å². The topological polar surface area (TPSA) is 51.6 Å². The Morgan fingerprint density at radius 3 is 2.72 bits per heavy atom. The van der Waals surface area contributed by atoms with E-state index in [0.29, 0.717) is 34.0 Å². The number of nitrogens with zero attached hydrogens (tertiary/aromatic N) is 1. The zero-order valence-corrected chi connectivity index (χ0v) is 17.9. The van der Waals surface area contributed by atoms with Gasteiger partial charge < -0.3 is 14.6 Å². The predicted octanol–water partition coefficient (Wildman–Crippen LogP) is 5.60. The molecule has 0 aliphatic carbocycles. The molecule has 7 heteroatoms. The molecule has 1 aromatic heterocycles. The molecule has 2 aromatic carbocycles. The summed E-state index contributed by atoms with van der Waals surface area (Å²) in [6.07, 6.45) is 0. The van der Waals surface area contributed by atoms with Crippen LogP contribution in [0.15, 0.2) is 59.1 Å². The van der Waals surface area contributed by atoms with Gasteiger partial charge in [0.05, 0.1) is 17.3 Å². The number of aromatic nitrogens is 1. The van der Waals surface area contributed by atoms with Crippen molar-refractivity contribution in [1.82, 2.24) is 4.98 Å². The molecule has 0 unspecified atom stereocenters. The van der Waals surface area contributed by atoms with Gasteiger partial charge in [0.25, 0.3) is 0 Å². The number of fused-ring (bicyclic) bond motifs is 1. The van der Waals surface area contributed by atoms with Crippen molar-refractivity contribution in [2.45, 2.75) is 25.0 Å². The lowest BCUT2D eigenvalue weighted by Gasteiger charge is -2.30. The van der Waals surface area contributed by atoms with Crippen molar-refractivity contribution in [2.24, 2.45) is 0 Å². The third-order valence-electron chi connectivity index (χ3n) is 5.21. The molecule has 2 heterocycles. The van der Waals surface area contributed by atoms with E-state index in [9.17, 15) is 9.50 Å². The van der Waals surface area contributed by atoms with Gasteiger partial charge in [-0.1, -0.05) is 54.9 Å². The molecule has 0 spiro atoms. The highest BCUT2D eigenvalue weighted by molar-refractivity contribution is 9.10. The van der Waals surface area contributed by atoms with E-state index in [1.807, 2.05) is 37.3 Å². The number of pyridine rings is 1. The maximum absolute atomic E-state index is 14.1. The zero-order valence-electron chi connectivity index (χ0n) is 15.5. The minimum absolute atomic E-state index is 0.0131. The summed E-state index contributed by atoms with van der Waals surface area (Å²) >= 11 is 9.42. The van der Waals surface area contributed by atoms with Gasteiger partial charge in [-0.15, -0.1) is 0 Å². The Morgan fingerprint density at radius 1 is 1.24 bits per heavy atom. The van der Waals surface area contributed by atoms with Gasteiger partial charge in [-0.05, 0) is 27.6 Å². The summed E-state index contributed by atoms with van der Waals surface area (Å²) in [7, 11) is 0. The Bertz CT molecular complexity index is 1050. The maximum atomic E-state index is 14.1. The van der Waals surface area contributed by atoms with Gasteiger partial charge in [-0.3, -0.25) is 0 Å². The second-order valence-corrected chi connectivity index (χ2v) is 8.08. The van der Waals surface area contributed by atoms with Crippen LogP contribution in [0.1, 0.15) is 29.7 Å². The van der Waals surface area contributed by atoms with Crippen LogP contribution in [-0.2, 0) is 12.2 Å². The van der Waals surface area contributed by atoms with Crippen LogP contribution in [0.2, 0.25) is 5.02 Å². The van der Waals surface area contributed by atoms with Crippen LogP contribution < -0.4 is 9.47 Å². The first kappa shape index (κ1) is 20.1. The van der Waals surface area contributed by atoms with Gasteiger partial charge in [-0.2, -0.15) is 0 Å². The molecule has 4 rings (SSSR count). The Hall–Kier alpha value is -2.15. The standard InChI is InChI=1S/C22H18BrClFNO3/c1-13-19-16(10-15(25)21(24)20(19)23)29-22(13,12-27)17-8-5-9-18(26-17)28-11-14-6-3-2-4-7-14/h2-10,13,27H,11-12H2,1H3/t13-,22+/m1/s1. The molecule has 2 atom stereocenters. The zero-order chi connectivity index (χ0) is 20.6. The number of halogens is 3. The first-order valence-electron chi connectivity index (χ1n) is 9.08. The number of aliphatic hydroxyl groups is 1. The van der Waals surface area contributed by atoms with Gasteiger partial charge in [0.1, 0.15) is 18.2 Å². The molecular formula is C22H18BrClFNO3. The SMILES string of the molecule is C[C@@H]1c2c(cc(F)c(Cl)c2Br)O[C@]1(CO)c1cccc(OCc2ccccc2)n1. The molecule has 3 aromatic rings. The summed E-state index contributed by atoms with van der Waals surface area (Å²) in [5, 5.41) is 10.3. The molecule has 0 saturated carbocycles. The average Bonchev–Trinajstić information content (AvgIpc) is 3.04. The molecule has 0 saturated heterocycles. The summed E-state index contributed by atoms with van der Waals surface area (Å²) in [5.41, 5.74) is 1.04. The van der Waals surface area contributed by atoms with E-state index in [1.54, 1.807) is 18.2 Å². The lowest BCUT2D eigenvalue weighted by molar-refractivity contribution is 0.00320. The van der Waals surface area contributed by atoms with E-state index in [-0.39, 0.29) is 17.5 Å². The summed E-state index contributed by atoms with van der Waals surface area (Å²) < 4.78 is 26.4. The van der Waals surface area contributed by atoms with Gasteiger partial charge in [0.2, 0.25) is 5.88 Å². The van der Waals surface area contributed by atoms with Crippen molar-refractivity contribution in [3.05, 3.63) is 86.7 Å². The summed E-state index contributed by atoms with van der Waals surface area (Å²) in [6.45, 7) is 1.91. The van der Waals surface area contributed by atoms with Crippen molar-refractivity contribution >= 4 is 27.5 Å². The normalized spacial score (nSPS) is 20.2. The third-order valence-corrected chi connectivity index (χ3v) is 6.63. The summed E-state index contributed by atoms with van der Waals surface area (Å²) in [5.74, 6) is -0.176. The first-order valence-corrected chi connectivity index (χ1v) is 10.2. The van der Waals surface area contributed by atoms with Crippen molar-refractivity contribution in [3.8, 4) is 11.6 Å². The predicted molar refractivity (Wildman–Crippen MR) is 112 cm³/mol. The highest BCUT2D eigenvalue weighted by Crippen LogP contribution is 2.54. The number of hydrogen-bond acceptors (Lipinski definition) is 4. The Labute approximate surface area is 181 Å². The van der Waals surface area contributed by atoms with Crippen molar-refractivity contribution in [1.29, 1.82) is 0 Å². The van der Waals surface area contributed by atoms with Crippen LogP contribution in [0.4, 0.5) is 4.39 Å². The van der Waals surface area contributed by atoms with Gasteiger partial charge in [0.15, 0.2) is 5.60 Å². The lowest BCUT2D eigenvalue weighted by Crippen LogP contribution is -2.39. The van der Waals surface area contributed by atoms with Gasteiger partial charge in [0, 0.05) is 28.1 Å². The van der Waals surface area contributed by atoms with E-state index in [4.69, 9.17) is 21.1 Å². The van der Waals surface area contributed by atoms with Gasteiger partial charge in [-0.25, -0.2) is 9.37 Å². The third kappa shape index (κ3) is 3.50. The van der Waals surface area contributed by atoms with Crippen molar-refractivity contribution in [2.75, 3.05) is 6.61 Å². The fourth-order valence-corrected chi connectivity index (χ4v) is 4.46. The quantitative estimate of drug-likeness (QED) is 0.485. The van der Waals surface area contributed by atoms with Crippen LogP contribution in [0, 0.1) is 5.82 Å². The highest BCUT2D eigenvalue weighted by atomic mass is 79.9. The Balaban J connectivity index is 1.67. The fraction of sp³-hybridized carbons (Fsp3) is 0.227. The van der Waals surface area contributed by atoms with Crippen LogP contribution in [0.5, 0.6) is 11.6 Å². The average molecular weight is 479 g/mol. The van der Waals surface area contributed by atoms with Crippen LogP contribution in [-0.4, -0.2) is 16.7 Å². The number of aliphatic hydroxyl groups excluding tert-OH is 1. The summed E-state index contributed by atoms with van der Waals surface area (Å²) in [4.78, 5) is 4.57. The largest absolute Gasteiger partial charge is 0.477 e. The lowest BCUT2D eigenvalue weighted by atomic mass is 9.83. The minimum atomic E-state index is -1.17. The second kappa shape index (κ2) is 7.94. The van der Waals surface area contributed by atoms with Gasteiger partial charge >= 0.3 is 0 Å². The van der Waals surface area contributed by atoms with Crippen LogP contribution in [0.3, 0.4) is 0 Å². The van der Waals surface area contributed by atoms with E-state index in [1.165, 1.54) is 6.07 Å². The minimum Gasteiger partial charge on any atom is -0.477 e. The molecule has 0 amide bonds. The first-order chi connectivity index (χ1) is 14.0. The highest BCUT2D eigenvalue weighted by Gasteiger charge is 2.50. The number of hydrogen-bond donors (Lipinski definition) is 1.